The van der Waals surface area contributed by atoms with Gasteiger partial charge in [-0.15, -0.1) is 0 Å². The van der Waals surface area contributed by atoms with Crippen molar-refractivity contribution >= 4 is 33.8 Å². The Labute approximate surface area is 118 Å². The van der Waals surface area contributed by atoms with Crippen LogP contribution in [0.25, 0.3) is 0 Å². The Morgan fingerprint density at radius 1 is 1.42 bits per heavy atom. The van der Waals surface area contributed by atoms with Crippen LogP contribution in [0.15, 0.2) is 12.1 Å². The molecule has 19 heavy (non-hydrogen) atoms. The summed E-state index contributed by atoms with van der Waals surface area (Å²) in [6.45, 7) is 1.81. The zero-order valence-corrected chi connectivity index (χ0v) is 12.1. The third kappa shape index (κ3) is 3.45. The van der Waals surface area contributed by atoms with Crippen LogP contribution in [0.2, 0.25) is 5.02 Å². The molecular formula is C12H15ClN2O3S. The fraction of sp³-hybridized carbons (Fsp3) is 0.500. The molecule has 0 radical (unpaired) electrons. The monoisotopic (exact) mass is 302 g/mol. The first-order valence-electron chi connectivity index (χ1n) is 6.03. The van der Waals surface area contributed by atoms with Crippen LogP contribution in [0.4, 0.5) is 11.4 Å². The van der Waals surface area contributed by atoms with Gasteiger partial charge < -0.3 is 5.32 Å². The minimum atomic E-state index is -0.694. The van der Waals surface area contributed by atoms with Gasteiger partial charge >= 0.3 is 0 Å². The molecule has 104 valence electrons. The van der Waals surface area contributed by atoms with Gasteiger partial charge in [-0.3, -0.25) is 14.3 Å². The molecule has 1 saturated heterocycles. The Balaban J connectivity index is 2.15. The maximum atomic E-state index is 11.3. The van der Waals surface area contributed by atoms with Crippen LogP contribution in [0.1, 0.15) is 18.4 Å². The summed E-state index contributed by atoms with van der Waals surface area (Å²) >= 11 is 5.91. The molecule has 0 atom stereocenters. The summed E-state index contributed by atoms with van der Waals surface area (Å²) in [5, 5.41) is 14.3. The summed E-state index contributed by atoms with van der Waals surface area (Å²) in [5.74, 6) is 1.41. The van der Waals surface area contributed by atoms with Gasteiger partial charge in [0.2, 0.25) is 0 Å². The van der Waals surface area contributed by atoms with Crippen molar-refractivity contribution in [3.05, 3.63) is 32.8 Å². The van der Waals surface area contributed by atoms with E-state index in [-0.39, 0.29) is 16.8 Å². The van der Waals surface area contributed by atoms with Crippen LogP contribution in [0.3, 0.4) is 0 Å². The number of nitrogens with zero attached hydrogens (tertiary/aromatic N) is 1. The van der Waals surface area contributed by atoms with E-state index in [1.165, 1.54) is 6.07 Å². The number of nitro groups is 1. The minimum absolute atomic E-state index is 0.0746. The molecule has 0 amide bonds. The fourth-order valence-electron chi connectivity index (χ4n) is 2.12. The largest absolute Gasteiger partial charge is 0.382 e. The molecular weight excluding hydrogens is 288 g/mol. The van der Waals surface area contributed by atoms with Crippen LogP contribution >= 0.6 is 11.6 Å². The lowest BCUT2D eigenvalue weighted by Crippen LogP contribution is -2.29. The normalized spacial score (nSPS) is 23.1. The molecule has 1 N–H and O–H groups in total. The van der Waals surface area contributed by atoms with Gasteiger partial charge in [-0.25, -0.2) is 0 Å². The smallest absolute Gasteiger partial charge is 0.288 e. The molecule has 1 heterocycles. The van der Waals surface area contributed by atoms with E-state index in [9.17, 15) is 14.3 Å². The van der Waals surface area contributed by atoms with E-state index in [1.807, 2.05) is 6.92 Å². The molecule has 1 aromatic carbocycles. The van der Waals surface area contributed by atoms with Crippen molar-refractivity contribution in [3.8, 4) is 0 Å². The third-order valence-electron chi connectivity index (χ3n) is 3.24. The topological polar surface area (TPSA) is 72.2 Å². The number of benzene rings is 1. The second-order valence-electron chi connectivity index (χ2n) is 4.64. The van der Waals surface area contributed by atoms with E-state index < -0.39 is 15.7 Å². The quantitative estimate of drug-likeness (QED) is 0.688. The van der Waals surface area contributed by atoms with Crippen molar-refractivity contribution in [1.82, 2.24) is 0 Å². The molecule has 0 unspecified atom stereocenters. The van der Waals surface area contributed by atoms with E-state index in [0.29, 0.717) is 11.5 Å². The van der Waals surface area contributed by atoms with Crippen LogP contribution < -0.4 is 5.32 Å². The number of halogens is 1. The third-order valence-corrected chi connectivity index (χ3v) is 4.92. The van der Waals surface area contributed by atoms with Crippen molar-refractivity contribution < 1.29 is 9.13 Å². The summed E-state index contributed by atoms with van der Waals surface area (Å²) in [6.07, 6.45) is 1.70. The number of hydrogen-bond acceptors (Lipinski definition) is 4. The highest BCUT2D eigenvalue weighted by Gasteiger charge is 2.20. The SMILES string of the molecule is Cc1cc([N+](=O)[O-])c(Cl)cc1NC1CCS(=O)CC1. The van der Waals surface area contributed by atoms with Crippen molar-refractivity contribution in [1.29, 1.82) is 0 Å². The van der Waals surface area contributed by atoms with Crippen LogP contribution in [-0.4, -0.2) is 26.7 Å². The first kappa shape index (κ1) is 14.3. The molecule has 2 rings (SSSR count). The van der Waals surface area contributed by atoms with Gasteiger partial charge in [-0.05, 0) is 31.4 Å². The lowest BCUT2D eigenvalue weighted by atomic mass is 10.1. The van der Waals surface area contributed by atoms with Gasteiger partial charge in [-0.1, -0.05) is 11.6 Å². The lowest BCUT2D eigenvalue weighted by molar-refractivity contribution is -0.384. The predicted molar refractivity (Wildman–Crippen MR) is 77.4 cm³/mol. The van der Waals surface area contributed by atoms with E-state index in [1.54, 1.807) is 6.07 Å². The van der Waals surface area contributed by atoms with Crippen LogP contribution in [0.5, 0.6) is 0 Å². The summed E-state index contributed by atoms with van der Waals surface area (Å²) in [7, 11) is -0.694. The van der Waals surface area contributed by atoms with E-state index >= 15 is 0 Å². The van der Waals surface area contributed by atoms with Gasteiger partial charge in [0.1, 0.15) is 5.02 Å². The Hall–Kier alpha value is -1.14. The number of anilines is 1. The van der Waals surface area contributed by atoms with Crippen molar-refractivity contribution in [3.63, 3.8) is 0 Å². The molecule has 1 aromatic rings. The number of nitro benzene ring substituents is 1. The molecule has 7 heteroatoms. The van der Waals surface area contributed by atoms with E-state index in [2.05, 4.69) is 5.32 Å². The van der Waals surface area contributed by atoms with Crippen molar-refractivity contribution in [2.24, 2.45) is 0 Å². The molecule has 0 saturated carbocycles. The van der Waals surface area contributed by atoms with Crippen molar-refractivity contribution in [2.45, 2.75) is 25.8 Å². The van der Waals surface area contributed by atoms with Gasteiger partial charge in [0.05, 0.1) is 4.92 Å². The van der Waals surface area contributed by atoms with E-state index in [4.69, 9.17) is 11.6 Å². The Morgan fingerprint density at radius 2 is 2.05 bits per heavy atom. The Morgan fingerprint density at radius 3 is 2.63 bits per heavy atom. The van der Waals surface area contributed by atoms with Gasteiger partial charge in [0.25, 0.3) is 5.69 Å². The second-order valence-corrected chi connectivity index (χ2v) is 6.75. The highest BCUT2D eigenvalue weighted by atomic mass is 35.5. The molecule has 5 nitrogen and oxygen atoms in total. The number of hydrogen-bond donors (Lipinski definition) is 1. The van der Waals surface area contributed by atoms with Crippen LogP contribution in [0, 0.1) is 17.0 Å². The highest BCUT2D eigenvalue weighted by molar-refractivity contribution is 7.85. The second kappa shape index (κ2) is 5.88. The maximum absolute atomic E-state index is 11.3. The predicted octanol–water partition coefficient (Wildman–Crippen LogP) is 2.88. The standard InChI is InChI=1S/C12H15ClN2O3S/c1-8-6-12(15(16)17)10(13)7-11(8)14-9-2-4-19(18)5-3-9/h6-7,9,14H,2-5H2,1H3. The zero-order valence-electron chi connectivity index (χ0n) is 10.5. The summed E-state index contributed by atoms with van der Waals surface area (Å²) < 4.78 is 11.3. The first-order chi connectivity index (χ1) is 8.97. The molecule has 0 aliphatic carbocycles. The van der Waals surface area contributed by atoms with Gasteiger partial charge in [-0.2, -0.15) is 0 Å². The Kier molecular flexibility index (Phi) is 4.42. The van der Waals surface area contributed by atoms with Gasteiger partial charge in [0, 0.05) is 40.1 Å². The average Bonchev–Trinajstić information content (AvgIpc) is 2.35. The number of aryl methyl sites for hydroxylation is 1. The molecule has 1 aliphatic rings. The van der Waals surface area contributed by atoms with E-state index in [0.717, 1.165) is 24.1 Å². The zero-order chi connectivity index (χ0) is 14.0. The molecule has 1 fully saturated rings. The molecule has 0 aromatic heterocycles. The lowest BCUT2D eigenvalue weighted by Gasteiger charge is -2.24. The number of nitrogens with one attached hydrogen (secondary N) is 1. The summed E-state index contributed by atoms with van der Waals surface area (Å²) in [4.78, 5) is 10.3. The molecule has 0 bridgehead atoms. The summed E-state index contributed by atoms with van der Waals surface area (Å²) in [6, 6.07) is 3.33. The molecule has 1 aliphatic heterocycles. The fourth-order valence-corrected chi connectivity index (χ4v) is 3.65. The maximum Gasteiger partial charge on any atom is 0.288 e. The van der Waals surface area contributed by atoms with Crippen molar-refractivity contribution in [2.75, 3.05) is 16.8 Å². The summed E-state index contributed by atoms with van der Waals surface area (Å²) in [5.41, 5.74) is 1.53. The highest BCUT2D eigenvalue weighted by Crippen LogP contribution is 2.31. The first-order valence-corrected chi connectivity index (χ1v) is 7.90. The minimum Gasteiger partial charge on any atom is -0.382 e. The van der Waals surface area contributed by atoms with Gasteiger partial charge in [0.15, 0.2) is 0 Å². The average molecular weight is 303 g/mol. The van der Waals surface area contributed by atoms with Crippen LogP contribution in [-0.2, 0) is 10.8 Å². The number of rotatable bonds is 3. The molecule has 0 spiro atoms. The Bertz CT molecular complexity index is 526.